The smallest absolute Gasteiger partial charge is 0.0667 e. The van der Waals surface area contributed by atoms with Crippen LogP contribution < -0.4 is 5.32 Å². The van der Waals surface area contributed by atoms with E-state index in [0.717, 1.165) is 19.4 Å². The molecule has 1 aromatic rings. The van der Waals surface area contributed by atoms with Crippen LogP contribution in [0.4, 0.5) is 5.69 Å². The fraction of sp³-hybridized carbons (Fsp3) is 0.684. The number of nitrogens with one attached hydrogen (secondary N) is 1. The van der Waals surface area contributed by atoms with E-state index in [-0.39, 0.29) is 10.8 Å². The predicted octanol–water partition coefficient (Wildman–Crippen LogP) is 4.99. The molecule has 0 amide bonds. The van der Waals surface area contributed by atoms with Gasteiger partial charge in [0.2, 0.25) is 0 Å². The van der Waals surface area contributed by atoms with Crippen molar-refractivity contribution in [3.8, 4) is 0 Å². The summed E-state index contributed by atoms with van der Waals surface area (Å²) in [7, 11) is 0. The van der Waals surface area contributed by atoms with Crippen LogP contribution in [0.5, 0.6) is 0 Å². The first-order chi connectivity index (χ1) is 9.82. The molecular formula is C19H31NO. The van der Waals surface area contributed by atoms with Crippen LogP contribution in [-0.4, -0.2) is 18.8 Å². The molecule has 1 aliphatic rings. The third kappa shape index (κ3) is 3.11. The van der Waals surface area contributed by atoms with Gasteiger partial charge in [0.1, 0.15) is 0 Å². The molecule has 21 heavy (non-hydrogen) atoms. The molecule has 0 aliphatic heterocycles. The summed E-state index contributed by atoms with van der Waals surface area (Å²) in [5.74, 6) is 0. The van der Waals surface area contributed by atoms with Crippen molar-refractivity contribution in [2.45, 2.75) is 71.9 Å². The summed E-state index contributed by atoms with van der Waals surface area (Å²) in [4.78, 5) is 0. The van der Waals surface area contributed by atoms with E-state index in [9.17, 15) is 0 Å². The van der Waals surface area contributed by atoms with Gasteiger partial charge in [0.05, 0.1) is 6.10 Å². The topological polar surface area (TPSA) is 21.3 Å². The maximum Gasteiger partial charge on any atom is 0.0667 e. The zero-order valence-electron chi connectivity index (χ0n) is 14.5. The lowest BCUT2D eigenvalue weighted by Gasteiger charge is -2.54. The molecule has 0 heterocycles. The van der Waals surface area contributed by atoms with E-state index in [2.05, 4.69) is 71.1 Å². The Bertz CT molecular complexity index is 477. The van der Waals surface area contributed by atoms with Gasteiger partial charge in [-0.25, -0.2) is 0 Å². The van der Waals surface area contributed by atoms with Crippen LogP contribution in [0.15, 0.2) is 24.3 Å². The van der Waals surface area contributed by atoms with Gasteiger partial charge in [-0.2, -0.15) is 0 Å². The van der Waals surface area contributed by atoms with Gasteiger partial charge in [-0.1, -0.05) is 52.8 Å². The normalized spacial score (nSPS) is 29.0. The molecule has 0 aromatic heterocycles. The van der Waals surface area contributed by atoms with Crippen LogP contribution in [0.2, 0.25) is 0 Å². The van der Waals surface area contributed by atoms with E-state index in [1.54, 1.807) is 0 Å². The van der Waals surface area contributed by atoms with Crippen LogP contribution in [-0.2, 0) is 10.2 Å². The van der Waals surface area contributed by atoms with Crippen molar-refractivity contribution in [3.05, 3.63) is 29.8 Å². The molecule has 0 saturated heterocycles. The molecule has 1 aliphatic carbocycles. The Morgan fingerprint density at radius 3 is 2.48 bits per heavy atom. The minimum absolute atomic E-state index is 0.162. The van der Waals surface area contributed by atoms with Gasteiger partial charge in [0.15, 0.2) is 0 Å². The van der Waals surface area contributed by atoms with Crippen LogP contribution in [0.3, 0.4) is 0 Å². The highest BCUT2D eigenvalue weighted by atomic mass is 16.5. The molecule has 1 fully saturated rings. The minimum Gasteiger partial charge on any atom is -0.381 e. The quantitative estimate of drug-likeness (QED) is 0.824. The molecular weight excluding hydrogens is 258 g/mol. The number of hydrogen-bond acceptors (Lipinski definition) is 2. The standard InChI is InChI=1S/C19H31NO/c1-7-19(6)16(13-17(19)21-8-2)20-15-12-10-9-11-14(15)18(3,4)5/h9-12,16-17,20H,7-8,13H2,1-6H3. The second kappa shape index (κ2) is 6.00. The molecule has 2 nitrogen and oxygen atoms in total. The summed E-state index contributed by atoms with van der Waals surface area (Å²) < 4.78 is 5.91. The van der Waals surface area contributed by atoms with Crippen molar-refractivity contribution < 1.29 is 4.74 Å². The third-order valence-electron chi connectivity index (χ3n) is 5.18. The summed E-state index contributed by atoms with van der Waals surface area (Å²) in [5.41, 5.74) is 3.07. The second-order valence-corrected chi connectivity index (χ2v) is 7.53. The Kier molecular flexibility index (Phi) is 4.67. The number of ether oxygens (including phenoxy) is 1. The second-order valence-electron chi connectivity index (χ2n) is 7.53. The Hall–Kier alpha value is -1.02. The largest absolute Gasteiger partial charge is 0.381 e. The molecule has 2 heteroatoms. The minimum atomic E-state index is 0.162. The van der Waals surface area contributed by atoms with Gasteiger partial charge in [-0.15, -0.1) is 0 Å². The Morgan fingerprint density at radius 2 is 1.90 bits per heavy atom. The van der Waals surface area contributed by atoms with E-state index in [1.165, 1.54) is 11.3 Å². The molecule has 3 atom stereocenters. The lowest BCUT2D eigenvalue weighted by Crippen LogP contribution is -2.59. The molecule has 1 saturated carbocycles. The van der Waals surface area contributed by atoms with Gasteiger partial charge < -0.3 is 10.1 Å². The molecule has 2 rings (SSSR count). The first-order valence-electron chi connectivity index (χ1n) is 8.30. The highest BCUT2D eigenvalue weighted by Gasteiger charge is 2.51. The van der Waals surface area contributed by atoms with Crippen LogP contribution in [0.1, 0.15) is 59.9 Å². The first-order valence-corrected chi connectivity index (χ1v) is 8.30. The first kappa shape index (κ1) is 16.4. The monoisotopic (exact) mass is 289 g/mol. The molecule has 3 unspecified atom stereocenters. The molecule has 0 spiro atoms. The average molecular weight is 289 g/mol. The van der Waals surface area contributed by atoms with Crippen LogP contribution in [0, 0.1) is 5.41 Å². The van der Waals surface area contributed by atoms with Crippen molar-refractivity contribution in [1.82, 2.24) is 0 Å². The average Bonchev–Trinajstić information content (AvgIpc) is 2.44. The third-order valence-corrected chi connectivity index (χ3v) is 5.18. The highest BCUT2D eigenvalue weighted by molar-refractivity contribution is 5.55. The van der Waals surface area contributed by atoms with Crippen molar-refractivity contribution in [2.24, 2.45) is 5.41 Å². The molecule has 1 N–H and O–H groups in total. The zero-order chi connectivity index (χ0) is 15.7. The van der Waals surface area contributed by atoms with Crippen LogP contribution >= 0.6 is 0 Å². The molecule has 1 aromatic carbocycles. The van der Waals surface area contributed by atoms with Gasteiger partial charge in [-0.3, -0.25) is 0 Å². The van der Waals surface area contributed by atoms with Crippen molar-refractivity contribution in [1.29, 1.82) is 0 Å². The van der Waals surface area contributed by atoms with Gasteiger partial charge in [-0.05, 0) is 36.8 Å². The van der Waals surface area contributed by atoms with E-state index in [0.29, 0.717) is 12.1 Å². The highest BCUT2D eigenvalue weighted by Crippen LogP contribution is 2.47. The lowest BCUT2D eigenvalue weighted by atomic mass is 9.61. The summed E-state index contributed by atoms with van der Waals surface area (Å²) >= 11 is 0. The number of para-hydroxylation sites is 1. The van der Waals surface area contributed by atoms with Crippen molar-refractivity contribution >= 4 is 5.69 Å². The predicted molar refractivity (Wildman–Crippen MR) is 91.0 cm³/mol. The maximum atomic E-state index is 5.91. The van der Waals surface area contributed by atoms with Gasteiger partial charge in [0, 0.05) is 23.8 Å². The zero-order valence-corrected chi connectivity index (χ0v) is 14.5. The summed E-state index contributed by atoms with van der Waals surface area (Å²) in [6.07, 6.45) is 2.65. The fourth-order valence-corrected chi connectivity index (χ4v) is 3.42. The van der Waals surface area contributed by atoms with Crippen molar-refractivity contribution in [2.75, 3.05) is 11.9 Å². The van der Waals surface area contributed by atoms with Gasteiger partial charge >= 0.3 is 0 Å². The number of hydrogen-bond donors (Lipinski definition) is 1. The Balaban J connectivity index is 2.17. The Labute approximate surface area is 130 Å². The van der Waals surface area contributed by atoms with Crippen molar-refractivity contribution in [3.63, 3.8) is 0 Å². The lowest BCUT2D eigenvalue weighted by molar-refractivity contribution is -0.109. The van der Waals surface area contributed by atoms with E-state index in [1.807, 2.05) is 0 Å². The fourth-order valence-electron chi connectivity index (χ4n) is 3.42. The summed E-state index contributed by atoms with van der Waals surface area (Å²) in [6.45, 7) is 14.4. The van der Waals surface area contributed by atoms with E-state index >= 15 is 0 Å². The number of anilines is 1. The SMILES string of the molecule is CCOC1CC(Nc2ccccc2C(C)(C)C)C1(C)CC. The van der Waals surface area contributed by atoms with Gasteiger partial charge in [0.25, 0.3) is 0 Å². The summed E-state index contributed by atoms with van der Waals surface area (Å²) in [5, 5.41) is 3.80. The molecule has 0 radical (unpaired) electrons. The molecule has 0 bridgehead atoms. The maximum absolute atomic E-state index is 5.91. The van der Waals surface area contributed by atoms with E-state index in [4.69, 9.17) is 4.74 Å². The molecule has 118 valence electrons. The Morgan fingerprint density at radius 1 is 1.24 bits per heavy atom. The summed E-state index contributed by atoms with van der Waals surface area (Å²) in [6, 6.07) is 9.21. The number of rotatable bonds is 5. The van der Waals surface area contributed by atoms with Crippen LogP contribution in [0.25, 0.3) is 0 Å². The number of benzene rings is 1. The van der Waals surface area contributed by atoms with E-state index < -0.39 is 0 Å².